The van der Waals surface area contributed by atoms with Gasteiger partial charge in [0.2, 0.25) is 0 Å². The predicted molar refractivity (Wildman–Crippen MR) is 98.6 cm³/mol. The van der Waals surface area contributed by atoms with Gasteiger partial charge >= 0.3 is 5.97 Å². The molecule has 1 heterocycles. The molecular weight excluding hydrogens is 308 g/mol. The van der Waals surface area contributed by atoms with E-state index in [1.54, 1.807) is 0 Å². The van der Waals surface area contributed by atoms with Crippen molar-refractivity contribution in [3.8, 4) is 0 Å². The Morgan fingerprint density at radius 3 is 2.56 bits per heavy atom. The summed E-state index contributed by atoms with van der Waals surface area (Å²) in [5.74, 6) is 4.37. The number of hydrogen-bond acceptors (Lipinski definition) is 2. The molecule has 2 nitrogen and oxygen atoms in total. The largest absolute Gasteiger partial charge is 0.434 e. The van der Waals surface area contributed by atoms with Gasteiger partial charge in [0.05, 0.1) is 12.7 Å². The highest BCUT2D eigenvalue weighted by Gasteiger charge is 2.60. The SMILES string of the molecule is C[C@]12CC[C@H]3[C@@H](CCC4CCCC[C@@]43C)[C@H]1CC[C@@H]2C1=COC(=O)C1. The fourth-order valence-corrected chi connectivity index (χ4v) is 8.50. The van der Waals surface area contributed by atoms with Crippen molar-refractivity contribution in [2.75, 3.05) is 0 Å². The van der Waals surface area contributed by atoms with Crippen molar-refractivity contribution in [3.63, 3.8) is 0 Å². The maximum atomic E-state index is 11.6. The second-order valence-electron chi connectivity index (χ2n) is 10.4. The molecule has 2 heteroatoms. The smallest absolute Gasteiger partial charge is 0.314 e. The number of esters is 1. The van der Waals surface area contributed by atoms with E-state index in [1.165, 1.54) is 69.8 Å². The average molecular weight is 343 g/mol. The van der Waals surface area contributed by atoms with E-state index in [-0.39, 0.29) is 5.97 Å². The minimum absolute atomic E-state index is 0.0361. The Kier molecular flexibility index (Phi) is 3.67. The van der Waals surface area contributed by atoms with Gasteiger partial charge in [-0.05, 0) is 97.4 Å². The summed E-state index contributed by atoms with van der Waals surface area (Å²) in [4.78, 5) is 11.6. The zero-order valence-corrected chi connectivity index (χ0v) is 16.1. The standard InChI is InChI=1S/C23H34O2/c1-22-11-4-3-5-16(22)6-7-17-19-9-8-18(15-13-21(24)25-14-15)23(19,2)12-10-20(17)22/h14,16-20H,3-13H2,1-2H3/t16?,17-,18+,19+,20-,22-,23+/m0/s1. The summed E-state index contributed by atoms with van der Waals surface area (Å²) in [6, 6.07) is 0. The molecule has 0 bridgehead atoms. The highest BCUT2D eigenvalue weighted by Crippen LogP contribution is 2.68. The molecule has 0 N–H and O–H groups in total. The van der Waals surface area contributed by atoms with E-state index < -0.39 is 0 Å². The molecule has 1 aliphatic heterocycles. The van der Waals surface area contributed by atoms with Crippen LogP contribution in [0.15, 0.2) is 11.8 Å². The van der Waals surface area contributed by atoms with Crippen LogP contribution in [-0.2, 0) is 9.53 Å². The Balaban J connectivity index is 1.42. The first-order chi connectivity index (χ1) is 12.0. The molecule has 0 aromatic heterocycles. The molecule has 0 spiro atoms. The number of cyclic esters (lactones) is 1. The Morgan fingerprint density at radius 1 is 0.920 bits per heavy atom. The number of ether oxygens (including phenoxy) is 1. The number of hydrogen-bond donors (Lipinski definition) is 0. The summed E-state index contributed by atoms with van der Waals surface area (Å²) in [6.07, 6.45) is 16.7. The van der Waals surface area contributed by atoms with Gasteiger partial charge < -0.3 is 4.74 Å². The summed E-state index contributed by atoms with van der Waals surface area (Å²) in [5, 5.41) is 0. The van der Waals surface area contributed by atoms with Crippen molar-refractivity contribution < 1.29 is 9.53 Å². The lowest BCUT2D eigenvalue weighted by Crippen LogP contribution is -2.52. The maximum absolute atomic E-state index is 11.6. The van der Waals surface area contributed by atoms with Crippen LogP contribution in [0.4, 0.5) is 0 Å². The predicted octanol–water partition coefficient (Wildman–Crippen LogP) is 5.87. The van der Waals surface area contributed by atoms with E-state index >= 15 is 0 Å². The van der Waals surface area contributed by atoms with Crippen LogP contribution in [-0.4, -0.2) is 5.97 Å². The molecule has 4 saturated carbocycles. The van der Waals surface area contributed by atoms with Gasteiger partial charge in [-0.3, -0.25) is 4.79 Å². The van der Waals surface area contributed by atoms with Crippen molar-refractivity contribution in [1.82, 2.24) is 0 Å². The van der Waals surface area contributed by atoms with Crippen molar-refractivity contribution in [1.29, 1.82) is 0 Å². The zero-order chi connectivity index (χ0) is 17.2. The molecule has 5 rings (SSSR count). The third-order valence-electron chi connectivity index (χ3n) is 9.72. The Morgan fingerprint density at radius 2 is 1.76 bits per heavy atom. The number of carbonyl (C=O) groups excluding carboxylic acids is 1. The van der Waals surface area contributed by atoms with E-state index in [4.69, 9.17) is 4.74 Å². The third kappa shape index (κ3) is 2.24. The quantitative estimate of drug-likeness (QED) is 0.557. The van der Waals surface area contributed by atoms with E-state index in [9.17, 15) is 4.79 Å². The summed E-state index contributed by atoms with van der Waals surface area (Å²) >= 11 is 0. The van der Waals surface area contributed by atoms with E-state index in [1.807, 2.05) is 6.26 Å². The fourth-order valence-electron chi connectivity index (χ4n) is 8.50. The van der Waals surface area contributed by atoms with Crippen LogP contribution in [0.5, 0.6) is 0 Å². The first-order valence-electron chi connectivity index (χ1n) is 10.9. The first kappa shape index (κ1) is 16.4. The lowest BCUT2D eigenvalue weighted by Gasteiger charge is -2.60. The van der Waals surface area contributed by atoms with Gasteiger partial charge in [-0.1, -0.05) is 26.7 Å². The molecule has 0 aromatic rings. The van der Waals surface area contributed by atoms with Gasteiger partial charge in [-0.15, -0.1) is 0 Å². The molecular formula is C23H34O2. The third-order valence-corrected chi connectivity index (χ3v) is 9.72. The van der Waals surface area contributed by atoms with Gasteiger partial charge in [0, 0.05) is 0 Å². The number of fused-ring (bicyclic) bond motifs is 5. The molecule has 1 unspecified atom stereocenters. The Bertz CT molecular complexity index is 607. The summed E-state index contributed by atoms with van der Waals surface area (Å²) < 4.78 is 5.19. The number of rotatable bonds is 1. The second-order valence-corrected chi connectivity index (χ2v) is 10.4. The van der Waals surface area contributed by atoms with Gasteiger partial charge in [0.1, 0.15) is 0 Å². The van der Waals surface area contributed by atoms with Crippen molar-refractivity contribution in [2.45, 2.75) is 84.5 Å². The molecule has 25 heavy (non-hydrogen) atoms. The highest BCUT2D eigenvalue weighted by atomic mass is 16.5. The van der Waals surface area contributed by atoms with Crippen LogP contribution < -0.4 is 0 Å². The lowest BCUT2D eigenvalue weighted by atomic mass is 9.44. The van der Waals surface area contributed by atoms with Gasteiger partial charge in [-0.25, -0.2) is 0 Å². The van der Waals surface area contributed by atoms with E-state index in [2.05, 4.69) is 13.8 Å². The molecule has 138 valence electrons. The molecule has 0 saturated heterocycles. The molecule has 5 aliphatic rings. The molecule has 0 amide bonds. The molecule has 4 fully saturated rings. The number of carbonyl (C=O) groups is 1. The van der Waals surface area contributed by atoms with Gasteiger partial charge in [0.15, 0.2) is 0 Å². The van der Waals surface area contributed by atoms with Crippen LogP contribution in [0.3, 0.4) is 0 Å². The summed E-state index contributed by atoms with van der Waals surface area (Å²) in [6.45, 7) is 5.22. The molecule has 0 radical (unpaired) electrons. The Labute approximate surface area is 152 Å². The van der Waals surface area contributed by atoms with Crippen LogP contribution in [0.25, 0.3) is 0 Å². The van der Waals surface area contributed by atoms with Crippen LogP contribution in [0, 0.1) is 40.4 Å². The van der Waals surface area contributed by atoms with Crippen LogP contribution in [0.1, 0.15) is 84.5 Å². The monoisotopic (exact) mass is 342 g/mol. The topological polar surface area (TPSA) is 26.3 Å². The minimum atomic E-state index is -0.0361. The van der Waals surface area contributed by atoms with E-state index in [0.29, 0.717) is 23.2 Å². The highest BCUT2D eigenvalue weighted by molar-refractivity contribution is 5.76. The summed E-state index contributed by atoms with van der Waals surface area (Å²) in [7, 11) is 0. The van der Waals surface area contributed by atoms with Crippen molar-refractivity contribution in [2.24, 2.45) is 40.4 Å². The molecule has 7 atom stereocenters. The van der Waals surface area contributed by atoms with Crippen LogP contribution >= 0.6 is 0 Å². The average Bonchev–Trinajstić information content (AvgIpc) is 3.16. The van der Waals surface area contributed by atoms with Crippen molar-refractivity contribution in [3.05, 3.63) is 11.8 Å². The van der Waals surface area contributed by atoms with Gasteiger partial charge in [0.25, 0.3) is 0 Å². The van der Waals surface area contributed by atoms with E-state index in [0.717, 1.165) is 23.7 Å². The first-order valence-corrected chi connectivity index (χ1v) is 10.9. The Hall–Kier alpha value is -0.790. The molecule has 4 aliphatic carbocycles. The lowest BCUT2D eigenvalue weighted by molar-refractivity contribution is -0.135. The maximum Gasteiger partial charge on any atom is 0.314 e. The fraction of sp³-hybridized carbons (Fsp3) is 0.870. The summed E-state index contributed by atoms with van der Waals surface area (Å²) in [5.41, 5.74) is 2.36. The molecule has 0 aromatic carbocycles. The zero-order valence-electron chi connectivity index (χ0n) is 16.1. The van der Waals surface area contributed by atoms with Crippen LogP contribution in [0.2, 0.25) is 0 Å². The van der Waals surface area contributed by atoms with Crippen molar-refractivity contribution >= 4 is 5.97 Å². The normalized spacial score (nSPS) is 52.0. The minimum Gasteiger partial charge on any atom is -0.434 e. The van der Waals surface area contributed by atoms with Gasteiger partial charge in [-0.2, -0.15) is 0 Å². The second kappa shape index (κ2) is 5.60.